The van der Waals surface area contributed by atoms with Crippen LogP contribution in [0.4, 0.5) is 0 Å². The molecule has 0 unspecified atom stereocenters. The molecule has 1 aromatic rings. The average molecular weight is 319 g/mol. The van der Waals surface area contributed by atoms with Crippen molar-refractivity contribution in [3.05, 3.63) is 11.8 Å². The molecule has 1 heterocycles. The van der Waals surface area contributed by atoms with E-state index in [4.69, 9.17) is 9.84 Å². The number of ether oxygens (including phenoxy) is 1. The Labute approximate surface area is 123 Å². The number of esters is 1. The topological polar surface area (TPSA) is 121 Å². The number of hydrogen-bond donors (Lipinski definition) is 3. The first-order valence-corrected chi connectivity index (χ1v) is 8.03. The standard InChI is InChI=1S/C12H21N3O5S/c1-4-20-11(17)9-7-13-15-10(9)21(18,19)14-8-12(2,3)5-6-16/h7,14,16H,4-6,8H2,1-3H3,(H,13,15). The van der Waals surface area contributed by atoms with Gasteiger partial charge in [0.05, 0.1) is 12.8 Å². The third-order valence-corrected chi connectivity index (χ3v) is 4.27. The summed E-state index contributed by atoms with van der Waals surface area (Å²) < 4.78 is 31.6. The van der Waals surface area contributed by atoms with Crippen molar-refractivity contribution >= 4 is 16.0 Å². The van der Waals surface area contributed by atoms with Gasteiger partial charge in [0.25, 0.3) is 10.0 Å². The number of carbonyl (C=O) groups excluding carboxylic acids is 1. The highest BCUT2D eigenvalue weighted by Gasteiger charge is 2.28. The van der Waals surface area contributed by atoms with Crippen LogP contribution in [0.3, 0.4) is 0 Å². The Morgan fingerprint density at radius 1 is 1.52 bits per heavy atom. The Kier molecular flexibility index (Phi) is 5.87. The fourth-order valence-electron chi connectivity index (χ4n) is 1.59. The Balaban J connectivity index is 2.89. The quantitative estimate of drug-likeness (QED) is 0.591. The summed E-state index contributed by atoms with van der Waals surface area (Å²) in [4.78, 5) is 11.7. The highest BCUT2D eigenvalue weighted by Crippen LogP contribution is 2.20. The van der Waals surface area contributed by atoms with Crippen molar-refractivity contribution in [3.8, 4) is 0 Å². The predicted octanol–water partition coefficient (Wildman–Crippen LogP) is 0.273. The van der Waals surface area contributed by atoms with Crippen LogP contribution in [0, 0.1) is 5.41 Å². The van der Waals surface area contributed by atoms with Crippen molar-refractivity contribution in [2.75, 3.05) is 19.8 Å². The fraction of sp³-hybridized carbons (Fsp3) is 0.667. The third kappa shape index (κ3) is 4.80. The van der Waals surface area contributed by atoms with Gasteiger partial charge in [0.2, 0.25) is 0 Å². The molecule has 0 fully saturated rings. The van der Waals surface area contributed by atoms with E-state index in [0.717, 1.165) is 6.20 Å². The molecule has 0 amide bonds. The normalized spacial score (nSPS) is 12.4. The Morgan fingerprint density at radius 3 is 2.76 bits per heavy atom. The molecule has 1 rings (SSSR count). The molecule has 0 radical (unpaired) electrons. The molecule has 0 aliphatic heterocycles. The van der Waals surface area contributed by atoms with Gasteiger partial charge in [-0.15, -0.1) is 0 Å². The molecule has 0 saturated heterocycles. The molecule has 0 aromatic carbocycles. The van der Waals surface area contributed by atoms with Crippen LogP contribution in [0.25, 0.3) is 0 Å². The number of nitrogens with one attached hydrogen (secondary N) is 2. The lowest BCUT2D eigenvalue weighted by atomic mass is 9.90. The van der Waals surface area contributed by atoms with Crippen LogP contribution in [0.1, 0.15) is 37.6 Å². The van der Waals surface area contributed by atoms with Crippen molar-refractivity contribution in [2.45, 2.75) is 32.2 Å². The number of aliphatic hydroxyl groups is 1. The van der Waals surface area contributed by atoms with Gasteiger partial charge in [-0.3, -0.25) is 5.10 Å². The van der Waals surface area contributed by atoms with E-state index in [-0.39, 0.29) is 30.3 Å². The van der Waals surface area contributed by atoms with Crippen LogP contribution in [-0.2, 0) is 14.8 Å². The van der Waals surface area contributed by atoms with Crippen LogP contribution < -0.4 is 4.72 Å². The summed E-state index contributed by atoms with van der Waals surface area (Å²) in [6.45, 7) is 5.50. The zero-order valence-corrected chi connectivity index (χ0v) is 13.2. The minimum Gasteiger partial charge on any atom is -0.462 e. The van der Waals surface area contributed by atoms with Crippen LogP contribution in [-0.4, -0.2) is 49.4 Å². The van der Waals surface area contributed by atoms with E-state index < -0.39 is 21.4 Å². The highest BCUT2D eigenvalue weighted by molar-refractivity contribution is 7.89. The SMILES string of the molecule is CCOC(=O)c1cn[nH]c1S(=O)(=O)NCC(C)(C)CCO. The number of aromatic amines is 1. The highest BCUT2D eigenvalue weighted by atomic mass is 32.2. The lowest BCUT2D eigenvalue weighted by Crippen LogP contribution is -2.35. The summed E-state index contributed by atoms with van der Waals surface area (Å²) in [5.74, 6) is -0.749. The second-order valence-electron chi connectivity index (χ2n) is 5.30. The van der Waals surface area contributed by atoms with Gasteiger partial charge in [0.1, 0.15) is 5.56 Å². The van der Waals surface area contributed by atoms with Gasteiger partial charge >= 0.3 is 5.97 Å². The molecule has 3 N–H and O–H groups in total. The van der Waals surface area contributed by atoms with Gasteiger partial charge in [-0.2, -0.15) is 5.10 Å². The van der Waals surface area contributed by atoms with E-state index >= 15 is 0 Å². The maximum atomic E-state index is 12.2. The van der Waals surface area contributed by atoms with Crippen molar-refractivity contribution in [2.24, 2.45) is 5.41 Å². The molecular formula is C12H21N3O5S. The minimum absolute atomic E-state index is 0.0349. The number of H-pyrrole nitrogens is 1. The minimum atomic E-state index is -3.91. The summed E-state index contributed by atoms with van der Waals surface area (Å²) in [7, 11) is -3.91. The Hall–Kier alpha value is -1.45. The predicted molar refractivity (Wildman–Crippen MR) is 75.2 cm³/mol. The van der Waals surface area contributed by atoms with Gasteiger partial charge in [-0.1, -0.05) is 13.8 Å². The lowest BCUT2D eigenvalue weighted by Gasteiger charge is -2.23. The molecule has 0 spiro atoms. The van der Waals surface area contributed by atoms with Gasteiger partial charge < -0.3 is 9.84 Å². The van der Waals surface area contributed by atoms with E-state index in [2.05, 4.69) is 14.9 Å². The molecule has 1 aromatic heterocycles. The van der Waals surface area contributed by atoms with Crippen molar-refractivity contribution in [1.82, 2.24) is 14.9 Å². The van der Waals surface area contributed by atoms with Crippen molar-refractivity contribution in [1.29, 1.82) is 0 Å². The number of aromatic nitrogens is 2. The smallest absolute Gasteiger partial charge is 0.342 e. The number of rotatable bonds is 8. The van der Waals surface area contributed by atoms with Gasteiger partial charge in [0, 0.05) is 13.2 Å². The van der Waals surface area contributed by atoms with E-state index in [1.807, 2.05) is 13.8 Å². The number of nitrogens with zero attached hydrogens (tertiary/aromatic N) is 1. The molecule has 0 aliphatic carbocycles. The van der Waals surface area contributed by atoms with E-state index in [1.54, 1.807) is 6.92 Å². The molecule has 0 atom stereocenters. The molecule has 0 saturated carbocycles. The van der Waals surface area contributed by atoms with Gasteiger partial charge in [-0.25, -0.2) is 17.9 Å². The van der Waals surface area contributed by atoms with E-state index in [0.29, 0.717) is 6.42 Å². The summed E-state index contributed by atoms with van der Waals surface area (Å²) in [5.41, 5.74) is -0.546. The Bertz CT molecular complexity index is 579. The second-order valence-corrected chi connectivity index (χ2v) is 7.00. The van der Waals surface area contributed by atoms with E-state index in [9.17, 15) is 13.2 Å². The fourth-order valence-corrected chi connectivity index (χ4v) is 2.91. The lowest BCUT2D eigenvalue weighted by molar-refractivity contribution is 0.0522. The van der Waals surface area contributed by atoms with E-state index in [1.165, 1.54) is 0 Å². The summed E-state index contributed by atoms with van der Waals surface area (Å²) in [6, 6.07) is 0. The third-order valence-electron chi connectivity index (χ3n) is 2.90. The molecule has 21 heavy (non-hydrogen) atoms. The summed E-state index contributed by atoms with van der Waals surface area (Å²) in [5, 5.41) is 14.5. The Morgan fingerprint density at radius 2 is 2.19 bits per heavy atom. The number of hydrogen-bond acceptors (Lipinski definition) is 6. The van der Waals surface area contributed by atoms with Crippen LogP contribution in [0.15, 0.2) is 11.2 Å². The monoisotopic (exact) mass is 319 g/mol. The average Bonchev–Trinajstić information content (AvgIpc) is 2.87. The zero-order chi connectivity index (χ0) is 16.1. The molecule has 0 aliphatic rings. The molecular weight excluding hydrogens is 298 g/mol. The number of carbonyl (C=O) groups is 1. The largest absolute Gasteiger partial charge is 0.462 e. The van der Waals surface area contributed by atoms with Gasteiger partial charge in [0.15, 0.2) is 5.03 Å². The second kappa shape index (κ2) is 7.01. The molecule has 9 heteroatoms. The van der Waals surface area contributed by atoms with Crippen molar-refractivity contribution < 1.29 is 23.1 Å². The number of sulfonamides is 1. The van der Waals surface area contributed by atoms with Crippen LogP contribution in [0.2, 0.25) is 0 Å². The summed E-state index contributed by atoms with van der Waals surface area (Å²) in [6.07, 6.45) is 1.56. The van der Waals surface area contributed by atoms with Crippen LogP contribution >= 0.6 is 0 Å². The first-order chi connectivity index (χ1) is 9.73. The van der Waals surface area contributed by atoms with Crippen molar-refractivity contribution in [3.63, 3.8) is 0 Å². The first-order valence-electron chi connectivity index (χ1n) is 6.54. The van der Waals surface area contributed by atoms with Crippen LogP contribution in [0.5, 0.6) is 0 Å². The van der Waals surface area contributed by atoms with Gasteiger partial charge in [-0.05, 0) is 18.8 Å². The molecule has 8 nitrogen and oxygen atoms in total. The molecule has 120 valence electrons. The summed E-state index contributed by atoms with van der Waals surface area (Å²) >= 11 is 0. The first kappa shape index (κ1) is 17.6. The maximum absolute atomic E-state index is 12.2. The molecule has 0 bridgehead atoms. The maximum Gasteiger partial charge on any atom is 0.342 e. The number of aliphatic hydroxyl groups excluding tert-OH is 1. The zero-order valence-electron chi connectivity index (χ0n) is 12.3.